The minimum atomic E-state index is -4.69. The highest BCUT2D eigenvalue weighted by molar-refractivity contribution is 5.88. The van der Waals surface area contributed by atoms with Crippen molar-refractivity contribution in [3.8, 4) is 22.6 Å². The highest BCUT2D eigenvalue weighted by Crippen LogP contribution is 2.32. The van der Waals surface area contributed by atoms with Gasteiger partial charge < -0.3 is 10.2 Å². The van der Waals surface area contributed by atoms with Gasteiger partial charge in [-0.1, -0.05) is 0 Å². The molecule has 0 radical (unpaired) electrons. The summed E-state index contributed by atoms with van der Waals surface area (Å²) < 4.78 is 40.1. The molecule has 0 saturated carbocycles. The Hall–Kier alpha value is -3.36. The van der Waals surface area contributed by atoms with Crippen LogP contribution in [0.15, 0.2) is 49.1 Å². The lowest BCUT2D eigenvalue weighted by molar-refractivity contribution is -0.137. The van der Waals surface area contributed by atoms with Crippen LogP contribution < -0.4 is 0 Å². The summed E-state index contributed by atoms with van der Waals surface area (Å²) in [5.41, 5.74) is -0.625. The number of benzene rings is 1. The van der Waals surface area contributed by atoms with E-state index in [1.54, 1.807) is 0 Å². The van der Waals surface area contributed by atoms with Gasteiger partial charge in [-0.05, 0) is 24.3 Å². The molecule has 128 valence electrons. The number of aromatic nitrogens is 3. The Balaban J connectivity index is 2.08. The Kier molecular flexibility index (Phi) is 3.91. The first-order chi connectivity index (χ1) is 11.7. The van der Waals surface area contributed by atoms with Crippen molar-refractivity contribution in [2.75, 3.05) is 0 Å². The highest BCUT2D eigenvalue weighted by Gasteiger charge is 2.32. The third-order valence-electron chi connectivity index (χ3n) is 3.40. The molecular formula is C16H10F3N3O3. The topological polar surface area (TPSA) is 88.2 Å². The first kappa shape index (κ1) is 16.5. The van der Waals surface area contributed by atoms with Crippen molar-refractivity contribution in [1.29, 1.82) is 0 Å². The van der Waals surface area contributed by atoms with Crippen LogP contribution >= 0.6 is 0 Å². The summed E-state index contributed by atoms with van der Waals surface area (Å²) in [6, 6.07) is 3.89. The van der Waals surface area contributed by atoms with Crippen molar-refractivity contribution in [2.45, 2.75) is 6.18 Å². The molecule has 0 saturated heterocycles. The van der Waals surface area contributed by atoms with Crippen molar-refractivity contribution in [3.63, 3.8) is 0 Å². The van der Waals surface area contributed by atoms with Gasteiger partial charge in [-0.3, -0.25) is 4.98 Å². The predicted octanol–water partition coefficient (Wildman–Crippen LogP) is 3.36. The number of halogens is 3. The van der Waals surface area contributed by atoms with Crippen molar-refractivity contribution in [3.05, 3.63) is 60.2 Å². The number of carbonyl (C=O) groups is 1. The lowest BCUT2D eigenvalue weighted by Crippen LogP contribution is -2.10. The molecule has 25 heavy (non-hydrogen) atoms. The smallest absolute Gasteiger partial charge is 0.416 e. The van der Waals surface area contributed by atoms with Gasteiger partial charge in [0.25, 0.3) is 0 Å². The molecule has 0 unspecified atom stereocenters. The standard InChI is InChI=1S/C16H10F3N3O3/c17-16(18,19)12-1-9(15(24)25)2-13(4-12)22-8-11(6-21-22)10-3-14(23)7-20-5-10/h1-8,23H,(H,24,25). The Labute approximate surface area is 138 Å². The zero-order valence-electron chi connectivity index (χ0n) is 12.4. The van der Waals surface area contributed by atoms with E-state index in [0.29, 0.717) is 17.2 Å². The summed E-state index contributed by atoms with van der Waals surface area (Å²) in [7, 11) is 0. The molecule has 1 aromatic carbocycles. The maximum Gasteiger partial charge on any atom is 0.416 e. The minimum Gasteiger partial charge on any atom is -0.506 e. The lowest BCUT2D eigenvalue weighted by Gasteiger charge is -2.10. The number of aromatic hydroxyl groups is 1. The van der Waals surface area contributed by atoms with Gasteiger partial charge in [-0.15, -0.1) is 0 Å². The summed E-state index contributed by atoms with van der Waals surface area (Å²) >= 11 is 0. The predicted molar refractivity (Wildman–Crippen MR) is 80.4 cm³/mol. The number of rotatable bonds is 3. The maximum atomic E-state index is 13.0. The van der Waals surface area contributed by atoms with Crippen LogP contribution in [0.3, 0.4) is 0 Å². The first-order valence-electron chi connectivity index (χ1n) is 6.89. The van der Waals surface area contributed by atoms with E-state index in [0.717, 1.165) is 16.8 Å². The van der Waals surface area contributed by atoms with E-state index in [-0.39, 0.29) is 11.4 Å². The van der Waals surface area contributed by atoms with Gasteiger partial charge in [0.05, 0.1) is 29.2 Å². The van der Waals surface area contributed by atoms with Crippen LogP contribution in [0.5, 0.6) is 5.75 Å². The van der Waals surface area contributed by atoms with Gasteiger partial charge in [0.2, 0.25) is 0 Å². The molecule has 0 bridgehead atoms. The van der Waals surface area contributed by atoms with Gasteiger partial charge in [-0.25, -0.2) is 9.48 Å². The molecule has 0 amide bonds. The van der Waals surface area contributed by atoms with E-state index < -0.39 is 23.3 Å². The molecule has 9 heteroatoms. The zero-order valence-corrected chi connectivity index (χ0v) is 12.4. The van der Waals surface area contributed by atoms with Gasteiger partial charge in [0.1, 0.15) is 5.75 Å². The third kappa shape index (κ3) is 3.44. The van der Waals surface area contributed by atoms with E-state index in [1.807, 2.05) is 0 Å². The van der Waals surface area contributed by atoms with Crippen molar-refractivity contribution < 1.29 is 28.2 Å². The molecule has 2 heterocycles. The fourth-order valence-corrected chi connectivity index (χ4v) is 2.23. The Morgan fingerprint density at radius 1 is 1.04 bits per heavy atom. The minimum absolute atomic E-state index is 0.0495. The monoisotopic (exact) mass is 349 g/mol. The Bertz CT molecular complexity index is 951. The lowest BCUT2D eigenvalue weighted by atomic mass is 10.1. The molecule has 3 aromatic rings. The second-order valence-electron chi connectivity index (χ2n) is 5.18. The number of carboxylic acids is 1. The largest absolute Gasteiger partial charge is 0.506 e. The molecule has 0 spiro atoms. The number of hydrogen-bond acceptors (Lipinski definition) is 4. The van der Waals surface area contributed by atoms with Gasteiger partial charge in [0, 0.05) is 23.5 Å². The van der Waals surface area contributed by atoms with Crippen LogP contribution in [0.4, 0.5) is 13.2 Å². The quantitative estimate of drug-likeness (QED) is 0.757. The average Bonchev–Trinajstić information content (AvgIpc) is 3.03. The molecule has 2 aromatic heterocycles. The number of hydrogen-bond donors (Lipinski definition) is 2. The van der Waals surface area contributed by atoms with Crippen LogP contribution in [0.1, 0.15) is 15.9 Å². The van der Waals surface area contributed by atoms with Crippen molar-refractivity contribution in [2.24, 2.45) is 0 Å². The maximum absolute atomic E-state index is 13.0. The molecular weight excluding hydrogens is 339 g/mol. The average molecular weight is 349 g/mol. The summed E-state index contributed by atoms with van der Waals surface area (Å²) in [6.45, 7) is 0. The molecule has 0 atom stereocenters. The number of carboxylic acid groups (broad SMARTS) is 1. The van der Waals surface area contributed by atoms with Crippen LogP contribution in [0.25, 0.3) is 16.8 Å². The number of pyridine rings is 1. The van der Waals surface area contributed by atoms with E-state index in [9.17, 15) is 23.1 Å². The number of nitrogens with zero attached hydrogens (tertiary/aromatic N) is 3. The van der Waals surface area contributed by atoms with E-state index in [4.69, 9.17) is 5.11 Å². The van der Waals surface area contributed by atoms with Crippen molar-refractivity contribution >= 4 is 5.97 Å². The fourth-order valence-electron chi connectivity index (χ4n) is 2.23. The second kappa shape index (κ2) is 5.93. The third-order valence-corrected chi connectivity index (χ3v) is 3.40. The van der Waals surface area contributed by atoms with Crippen LogP contribution in [-0.2, 0) is 6.18 Å². The summed E-state index contributed by atoms with van der Waals surface area (Å²) in [6.07, 6.45) is 0.788. The molecule has 0 aliphatic heterocycles. The van der Waals surface area contributed by atoms with E-state index in [2.05, 4.69) is 10.1 Å². The van der Waals surface area contributed by atoms with Crippen molar-refractivity contribution in [1.82, 2.24) is 14.8 Å². The molecule has 0 fully saturated rings. The molecule has 0 aliphatic carbocycles. The van der Waals surface area contributed by atoms with Crippen LogP contribution in [-0.4, -0.2) is 30.9 Å². The fraction of sp³-hybridized carbons (Fsp3) is 0.0625. The van der Waals surface area contributed by atoms with Crippen LogP contribution in [0.2, 0.25) is 0 Å². The van der Waals surface area contributed by atoms with E-state index in [1.165, 1.54) is 30.9 Å². The van der Waals surface area contributed by atoms with E-state index >= 15 is 0 Å². The van der Waals surface area contributed by atoms with Crippen LogP contribution in [0, 0.1) is 0 Å². The number of alkyl halides is 3. The highest BCUT2D eigenvalue weighted by atomic mass is 19.4. The molecule has 3 rings (SSSR count). The van der Waals surface area contributed by atoms with Gasteiger partial charge in [-0.2, -0.15) is 18.3 Å². The number of aromatic carboxylic acids is 1. The summed E-state index contributed by atoms with van der Waals surface area (Å²) in [4.78, 5) is 14.9. The Morgan fingerprint density at radius 3 is 2.44 bits per heavy atom. The van der Waals surface area contributed by atoms with Gasteiger partial charge >= 0.3 is 12.1 Å². The zero-order chi connectivity index (χ0) is 18.2. The summed E-state index contributed by atoms with van der Waals surface area (Å²) in [5.74, 6) is -1.55. The molecule has 6 nitrogen and oxygen atoms in total. The second-order valence-corrected chi connectivity index (χ2v) is 5.18. The molecule has 2 N–H and O–H groups in total. The summed E-state index contributed by atoms with van der Waals surface area (Å²) in [5, 5.41) is 22.4. The molecule has 0 aliphatic rings. The Morgan fingerprint density at radius 2 is 1.80 bits per heavy atom. The normalized spacial score (nSPS) is 11.5. The van der Waals surface area contributed by atoms with Gasteiger partial charge in [0.15, 0.2) is 0 Å². The SMILES string of the molecule is O=C(O)c1cc(-n2cc(-c3cncc(O)c3)cn2)cc(C(F)(F)F)c1. The first-order valence-corrected chi connectivity index (χ1v) is 6.89.